The first-order valence-corrected chi connectivity index (χ1v) is 7.23. The molecular weight excluding hydrogens is 270 g/mol. The molecule has 0 spiro atoms. The smallest absolute Gasteiger partial charge is 0.323 e. The fourth-order valence-corrected chi connectivity index (χ4v) is 1.99. The third kappa shape index (κ3) is 4.48. The summed E-state index contributed by atoms with van der Waals surface area (Å²) in [6.07, 6.45) is 2.46. The second kappa shape index (κ2) is 6.61. The standard InChI is InChI=1S/C16H21NO4/c1-11(2)17(9-15(18)19)16(20)13-5-7-14(8-6-13)21-10-12-3-4-12/h5-8,11-12H,3-4,9-10H2,1-2H3,(H,18,19). The summed E-state index contributed by atoms with van der Waals surface area (Å²) in [6.45, 7) is 4.03. The van der Waals surface area contributed by atoms with Gasteiger partial charge in [-0.15, -0.1) is 0 Å². The van der Waals surface area contributed by atoms with Crippen molar-refractivity contribution < 1.29 is 19.4 Å². The van der Waals surface area contributed by atoms with E-state index in [1.165, 1.54) is 17.7 Å². The molecule has 21 heavy (non-hydrogen) atoms. The number of carbonyl (C=O) groups is 2. The van der Waals surface area contributed by atoms with E-state index in [9.17, 15) is 9.59 Å². The first kappa shape index (κ1) is 15.4. The Morgan fingerprint density at radius 1 is 1.29 bits per heavy atom. The van der Waals surface area contributed by atoms with Crippen LogP contribution in [-0.4, -0.2) is 41.1 Å². The number of rotatable bonds is 7. The summed E-state index contributed by atoms with van der Waals surface area (Å²) in [4.78, 5) is 24.5. The van der Waals surface area contributed by atoms with Gasteiger partial charge in [-0.05, 0) is 56.9 Å². The number of carbonyl (C=O) groups excluding carboxylic acids is 1. The van der Waals surface area contributed by atoms with Crippen molar-refractivity contribution in [2.75, 3.05) is 13.2 Å². The van der Waals surface area contributed by atoms with E-state index in [0.29, 0.717) is 11.5 Å². The Morgan fingerprint density at radius 2 is 1.90 bits per heavy atom. The van der Waals surface area contributed by atoms with Gasteiger partial charge in [0.15, 0.2) is 0 Å². The van der Waals surface area contributed by atoms with Crippen LogP contribution in [-0.2, 0) is 4.79 Å². The minimum Gasteiger partial charge on any atom is -0.493 e. The molecule has 1 N–H and O–H groups in total. The Hall–Kier alpha value is -2.04. The van der Waals surface area contributed by atoms with Gasteiger partial charge in [0.1, 0.15) is 12.3 Å². The number of aliphatic carboxylic acids is 1. The summed E-state index contributed by atoms with van der Waals surface area (Å²) >= 11 is 0. The molecule has 0 saturated heterocycles. The highest BCUT2D eigenvalue weighted by atomic mass is 16.5. The first-order valence-electron chi connectivity index (χ1n) is 7.23. The molecule has 1 fully saturated rings. The molecular formula is C16H21NO4. The number of carboxylic acids is 1. The summed E-state index contributed by atoms with van der Waals surface area (Å²) in [5.74, 6) is 0.133. The number of carboxylic acid groups (broad SMARTS) is 1. The minimum absolute atomic E-state index is 0.167. The van der Waals surface area contributed by atoms with E-state index in [0.717, 1.165) is 12.4 Å². The molecule has 2 rings (SSSR count). The van der Waals surface area contributed by atoms with E-state index in [1.54, 1.807) is 38.1 Å². The molecule has 1 aromatic carbocycles. The number of amides is 1. The van der Waals surface area contributed by atoms with E-state index >= 15 is 0 Å². The van der Waals surface area contributed by atoms with Crippen LogP contribution in [0.15, 0.2) is 24.3 Å². The Balaban J connectivity index is 2.01. The predicted octanol–water partition coefficient (Wildman–Crippen LogP) is 2.41. The number of hydrogen-bond donors (Lipinski definition) is 1. The number of benzene rings is 1. The second-order valence-electron chi connectivity index (χ2n) is 5.70. The first-order chi connectivity index (χ1) is 9.97. The zero-order valence-corrected chi connectivity index (χ0v) is 12.4. The summed E-state index contributed by atoms with van der Waals surface area (Å²) in [7, 11) is 0. The zero-order valence-electron chi connectivity index (χ0n) is 12.4. The average molecular weight is 291 g/mol. The molecule has 1 aliphatic carbocycles. The van der Waals surface area contributed by atoms with Gasteiger partial charge in [-0.3, -0.25) is 9.59 Å². The number of ether oxygens (including phenoxy) is 1. The van der Waals surface area contributed by atoms with Crippen LogP contribution in [0.25, 0.3) is 0 Å². The average Bonchev–Trinajstić information content (AvgIpc) is 3.26. The lowest BCUT2D eigenvalue weighted by Crippen LogP contribution is -2.40. The maximum atomic E-state index is 12.3. The SMILES string of the molecule is CC(C)N(CC(=O)O)C(=O)c1ccc(OCC2CC2)cc1. The van der Waals surface area contributed by atoms with Gasteiger partial charge in [-0.25, -0.2) is 0 Å². The quantitative estimate of drug-likeness (QED) is 0.837. The van der Waals surface area contributed by atoms with Crippen LogP contribution in [0.3, 0.4) is 0 Å². The normalized spacial score (nSPS) is 14.0. The molecule has 0 bridgehead atoms. The van der Waals surface area contributed by atoms with Gasteiger partial charge in [0.05, 0.1) is 6.61 Å². The van der Waals surface area contributed by atoms with Crippen molar-refractivity contribution in [2.24, 2.45) is 5.92 Å². The van der Waals surface area contributed by atoms with Crippen LogP contribution < -0.4 is 4.74 Å². The Labute approximate surface area is 124 Å². The Morgan fingerprint density at radius 3 is 2.38 bits per heavy atom. The molecule has 5 nitrogen and oxygen atoms in total. The third-order valence-electron chi connectivity index (χ3n) is 3.47. The highest BCUT2D eigenvalue weighted by Gasteiger charge is 2.23. The number of nitrogens with zero attached hydrogens (tertiary/aromatic N) is 1. The summed E-state index contributed by atoms with van der Waals surface area (Å²) in [5.41, 5.74) is 0.476. The van der Waals surface area contributed by atoms with E-state index in [-0.39, 0.29) is 18.5 Å². The van der Waals surface area contributed by atoms with Crippen molar-refractivity contribution in [3.05, 3.63) is 29.8 Å². The van der Waals surface area contributed by atoms with Crippen molar-refractivity contribution in [1.82, 2.24) is 4.90 Å². The van der Waals surface area contributed by atoms with E-state index in [1.807, 2.05) is 0 Å². The maximum absolute atomic E-state index is 12.3. The van der Waals surface area contributed by atoms with E-state index in [4.69, 9.17) is 9.84 Å². The van der Waals surface area contributed by atoms with Crippen LogP contribution in [0.4, 0.5) is 0 Å². The lowest BCUT2D eigenvalue weighted by molar-refractivity contribution is -0.138. The predicted molar refractivity (Wildman–Crippen MR) is 78.5 cm³/mol. The molecule has 0 atom stereocenters. The van der Waals surface area contributed by atoms with Crippen LogP contribution >= 0.6 is 0 Å². The highest BCUT2D eigenvalue weighted by molar-refractivity contribution is 5.96. The van der Waals surface area contributed by atoms with Crippen molar-refractivity contribution in [2.45, 2.75) is 32.7 Å². The van der Waals surface area contributed by atoms with Crippen molar-refractivity contribution >= 4 is 11.9 Å². The van der Waals surface area contributed by atoms with Gasteiger partial charge in [-0.1, -0.05) is 0 Å². The minimum atomic E-state index is -1.01. The molecule has 1 amide bonds. The molecule has 0 radical (unpaired) electrons. The van der Waals surface area contributed by atoms with Crippen LogP contribution in [0.2, 0.25) is 0 Å². The lowest BCUT2D eigenvalue weighted by atomic mass is 10.1. The molecule has 1 saturated carbocycles. The van der Waals surface area contributed by atoms with Gasteiger partial charge >= 0.3 is 5.97 Å². The van der Waals surface area contributed by atoms with Gasteiger partial charge in [0.25, 0.3) is 5.91 Å². The lowest BCUT2D eigenvalue weighted by Gasteiger charge is -2.25. The molecule has 0 heterocycles. The topological polar surface area (TPSA) is 66.8 Å². The molecule has 0 aliphatic heterocycles. The fraction of sp³-hybridized carbons (Fsp3) is 0.500. The Bertz CT molecular complexity index is 506. The molecule has 114 valence electrons. The molecule has 5 heteroatoms. The highest BCUT2D eigenvalue weighted by Crippen LogP contribution is 2.29. The van der Waals surface area contributed by atoms with Gasteiger partial charge in [0.2, 0.25) is 0 Å². The van der Waals surface area contributed by atoms with Gasteiger partial charge in [0, 0.05) is 11.6 Å². The van der Waals surface area contributed by atoms with E-state index in [2.05, 4.69) is 0 Å². The van der Waals surface area contributed by atoms with Gasteiger partial charge < -0.3 is 14.7 Å². The number of hydrogen-bond acceptors (Lipinski definition) is 3. The Kier molecular flexibility index (Phi) is 4.83. The molecule has 1 aliphatic rings. The second-order valence-corrected chi connectivity index (χ2v) is 5.70. The molecule has 0 unspecified atom stereocenters. The van der Waals surface area contributed by atoms with Crippen molar-refractivity contribution in [3.8, 4) is 5.75 Å². The molecule has 1 aromatic rings. The molecule has 0 aromatic heterocycles. The van der Waals surface area contributed by atoms with Crippen LogP contribution in [0.5, 0.6) is 5.75 Å². The maximum Gasteiger partial charge on any atom is 0.323 e. The zero-order chi connectivity index (χ0) is 15.4. The van der Waals surface area contributed by atoms with Crippen molar-refractivity contribution in [1.29, 1.82) is 0 Å². The van der Waals surface area contributed by atoms with Crippen LogP contribution in [0.1, 0.15) is 37.0 Å². The van der Waals surface area contributed by atoms with E-state index < -0.39 is 5.97 Å². The van der Waals surface area contributed by atoms with Gasteiger partial charge in [-0.2, -0.15) is 0 Å². The fourth-order valence-electron chi connectivity index (χ4n) is 1.99. The monoisotopic (exact) mass is 291 g/mol. The largest absolute Gasteiger partial charge is 0.493 e. The third-order valence-corrected chi connectivity index (χ3v) is 3.47. The summed E-state index contributed by atoms with van der Waals surface area (Å²) in [5, 5.41) is 8.89. The summed E-state index contributed by atoms with van der Waals surface area (Å²) in [6, 6.07) is 6.72. The van der Waals surface area contributed by atoms with Crippen LogP contribution in [0, 0.1) is 5.92 Å². The van der Waals surface area contributed by atoms with Crippen molar-refractivity contribution in [3.63, 3.8) is 0 Å². The summed E-state index contributed by atoms with van der Waals surface area (Å²) < 4.78 is 5.62.